The molecule has 9 heteroatoms. The number of carbonyl (C=O) groups is 4. The van der Waals surface area contributed by atoms with Crippen LogP contribution in [0.2, 0.25) is 0 Å². The van der Waals surface area contributed by atoms with Crippen LogP contribution in [0.25, 0.3) is 0 Å². The minimum Gasteiger partial charge on any atom is -0.456 e. The number of ether oxygens (including phenoxy) is 2. The zero-order valence-electron chi connectivity index (χ0n) is 30.9. The number of rotatable bonds is 18. The number of amides is 2. The molecule has 0 saturated carbocycles. The van der Waals surface area contributed by atoms with Crippen LogP contribution in [0.5, 0.6) is 0 Å². The number of hydrogen-bond acceptors (Lipinski definition) is 7. The highest BCUT2D eigenvalue weighted by molar-refractivity contribution is 6.06. The highest BCUT2D eigenvalue weighted by Crippen LogP contribution is 2.22. The number of hydrogen-bond donors (Lipinski definition) is 2. The molecule has 0 saturated heterocycles. The zero-order chi connectivity index (χ0) is 37.6. The van der Waals surface area contributed by atoms with Crippen molar-refractivity contribution >= 4 is 23.8 Å². The summed E-state index contributed by atoms with van der Waals surface area (Å²) in [5.41, 5.74) is 1.61. The van der Waals surface area contributed by atoms with E-state index in [0.717, 1.165) is 24.2 Å². The second-order valence-electron chi connectivity index (χ2n) is 14.2. The highest BCUT2D eigenvalue weighted by atomic mass is 16.6. The number of carbonyl (C=O) groups excluding carboxylic acids is 4. The average molecular weight is 706 g/mol. The van der Waals surface area contributed by atoms with E-state index in [-0.39, 0.29) is 34.1 Å². The lowest BCUT2D eigenvalue weighted by molar-refractivity contribution is -0.00197. The van der Waals surface area contributed by atoms with Crippen molar-refractivity contribution in [2.45, 2.75) is 64.6 Å². The van der Waals surface area contributed by atoms with Gasteiger partial charge in [0.15, 0.2) is 0 Å². The molecule has 0 heterocycles. The van der Waals surface area contributed by atoms with Gasteiger partial charge in [-0.3, -0.25) is 9.59 Å². The molecule has 4 aromatic rings. The van der Waals surface area contributed by atoms with Gasteiger partial charge in [0.05, 0.1) is 22.3 Å². The van der Waals surface area contributed by atoms with E-state index in [1.54, 1.807) is 48.5 Å². The van der Waals surface area contributed by atoms with E-state index >= 15 is 0 Å². The van der Waals surface area contributed by atoms with Gasteiger partial charge in [-0.05, 0) is 96.1 Å². The molecule has 2 N–H and O–H groups in total. The van der Waals surface area contributed by atoms with Crippen molar-refractivity contribution in [3.8, 4) is 0 Å². The van der Waals surface area contributed by atoms with Crippen LogP contribution in [0.1, 0.15) is 93.1 Å². The van der Waals surface area contributed by atoms with Crippen molar-refractivity contribution in [2.24, 2.45) is 0 Å². The molecule has 0 aliphatic carbocycles. The van der Waals surface area contributed by atoms with Crippen LogP contribution < -0.4 is 10.6 Å². The lowest BCUT2D eigenvalue weighted by atomic mass is 9.98. The molecule has 9 nitrogen and oxygen atoms in total. The number of benzene rings is 4. The van der Waals surface area contributed by atoms with Gasteiger partial charge in [0.2, 0.25) is 0 Å². The molecule has 0 unspecified atom stereocenters. The van der Waals surface area contributed by atoms with Gasteiger partial charge in [0.1, 0.15) is 11.2 Å². The fraction of sp³-hybridized carbons (Fsp3) is 0.349. The van der Waals surface area contributed by atoms with Gasteiger partial charge in [0.25, 0.3) is 11.8 Å². The first-order valence-corrected chi connectivity index (χ1v) is 17.8. The first kappa shape index (κ1) is 39.5. The Morgan fingerprint density at radius 2 is 0.846 bits per heavy atom. The quantitative estimate of drug-likeness (QED) is 0.0854. The summed E-state index contributed by atoms with van der Waals surface area (Å²) in [6, 6.07) is 33.0. The van der Waals surface area contributed by atoms with Crippen LogP contribution in [-0.4, -0.2) is 73.1 Å². The predicted octanol–water partition coefficient (Wildman–Crippen LogP) is 6.91. The maximum Gasteiger partial charge on any atom is 0.339 e. The standard InChI is InChI=1S/C43H51N3O6/c1-42(2,30-32-18-8-6-9-19-32)51-40(49)36-24-14-12-22-34(36)38(47)44-26-16-28-46(5)29-17-27-45-39(48)35-23-13-15-25-37(35)41(50)52-43(3,4)31-33-20-10-7-11-21-33/h6-15,18-25H,16-17,26-31H2,1-5H3,(H,44,47)(H,45,48). The van der Waals surface area contributed by atoms with Gasteiger partial charge in [-0.1, -0.05) is 84.9 Å². The van der Waals surface area contributed by atoms with Crippen LogP contribution in [-0.2, 0) is 22.3 Å². The number of nitrogens with one attached hydrogen (secondary N) is 2. The number of esters is 2. The summed E-state index contributed by atoms with van der Waals surface area (Å²) in [6.45, 7) is 9.74. The smallest absolute Gasteiger partial charge is 0.339 e. The lowest BCUT2D eigenvalue weighted by Gasteiger charge is -2.26. The average Bonchev–Trinajstić information content (AvgIpc) is 3.11. The Bertz CT molecular complexity index is 1660. The Morgan fingerprint density at radius 1 is 0.519 bits per heavy atom. The summed E-state index contributed by atoms with van der Waals surface area (Å²) < 4.78 is 11.7. The normalized spacial score (nSPS) is 11.5. The van der Waals surface area contributed by atoms with E-state index in [1.165, 1.54) is 0 Å². The molecule has 274 valence electrons. The molecule has 0 aliphatic rings. The van der Waals surface area contributed by atoms with Crippen molar-refractivity contribution in [2.75, 3.05) is 33.2 Å². The molecule has 0 aromatic heterocycles. The second kappa shape index (κ2) is 18.8. The van der Waals surface area contributed by atoms with Gasteiger partial charge in [-0.2, -0.15) is 0 Å². The zero-order valence-corrected chi connectivity index (χ0v) is 30.9. The summed E-state index contributed by atoms with van der Waals surface area (Å²) in [6.07, 6.45) is 2.49. The first-order valence-electron chi connectivity index (χ1n) is 17.8. The molecule has 4 aromatic carbocycles. The second-order valence-corrected chi connectivity index (χ2v) is 14.2. The van der Waals surface area contributed by atoms with Crippen molar-refractivity contribution in [3.63, 3.8) is 0 Å². The summed E-state index contributed by atoms with van der Waals surface area (Å²) in [4.78, 5) is 54.5. The fourth-order valence-corrected chi connectivity index (χ4v) is 5.98. The summed E-state index contributed by atoms with van der Waals surface area (Å²) in [5.74, 6) is -1.74. The number of nitrogens with zero attached hydrogens (tertiary/aromatic N) is 1. The van der Waals surface area contributed by atoms with Crippen LogP contribution in [0.3, 0.4) is 0 Å². The van der Waals surface area contributed by atoms with E-state index < -0.39 is 23.1 Å². The van der Waals surface area contributed by atoms with E-state index in [2.05, 4.69) is 15.5 Å². The van der Waals surface area contributed by atoms with Crippen molar-refractivity contribution in [1.29, 1.82) is 0 Å². The van der Waals surface area contributed by atoms with E-state index in [9.17, 15) is 19.2 Å². The minimum absolute atomic E-state index is 0.228. The monoisotopic (exact) mass is 705 g/mol. The van der Waals surface area contributed by atoms with Gasteiger partial charge < -0.3 is 25.0 Å². The molecular weight excluding hydrogens is 654 g/mol. The van der Waals surface area contributed by atoms with Crippen molar-refractivity contribution in [1.82, 2.24) is 15.5 Å². The Labute approximate surface area is 307 Å². The summed E-state index contributed by atoms with van der Waals surface area (Å²) in [7, 11) is 1.98. The summed E-state index contributed by atoms with van der Waals surface area (Å²) >= 11 is 0. The Balaban J connectivity index is 1.17. The SMILES string of the molecule is CN(CCCNC(=O)c1ccccc1C(=O)OC(C)(C)Cc1ccccc1)CCCNC(=O)c1ccccc1C(=O)OC(C)(C)Cc1ccccc1. The fourth-order valence-electron chi connectivity index (χ4n) is 5.98. The third kappa shape index (κ3) is 12.5. The van der Waals surface area contributed by atoms with Gasteiger partial charge in [0, 0.05) is 25.9 Å². The summed E-state index contributed by atoms with van der Waals surface area (Å²) in [5, 5.41) is 5.85. The Morgan fingerprint density at radius 3 is 1.21 bits per heavy atom. The van der Waals surface area contributed by atoms with Gasteiger partial charge in [-0.25, -0.2) is 9.59 Å². The third-order valence-corrected chi connectivity index (χ3v) is 8.47. The highest BCUT2D eigenvalue weighted by Gasteiger charge is 2.28. The predicted molar refractivity (Wildman–Crippen MR) is 204 cm³/mol. The topological polar surface area (TPSA) is 114 Å². The van der Waals surface area contributed by atoms with Crippen molar-refractivity contribution in [3.05, 3.63) is 143 Å². The van der Waals surface area contributed by atoms with Crippen LogP contribution in [0.4, 0.5) is 0 Å². The van der Waals surface area contributed by atoms with E-state index in [4.69, 9.17) is 9.47 Å². The largest absolute Gasteiger partial charge is 0.456 e. The van der Waals surface area contributed by atoms with Gasteiger partial charge >= 0.3 is 11.9 Å². The molecule has 4 rings (SSSR count). The van der Waals surface area contributed by atoms with Crippen LogP contribution in [0, 0.1) is 0 Å². The molecule has 0 atom stereocenters. The maximum atomic E-state index is 13.1. The Hall–Kier alpha value is -5.28. The molecule has 0 aliphatic heterocycles. The Kier molecular flexibility index (Phi) is 14.3. The molecule has 0 spiro atoms. The van der Waals surface area contributed by atoms with Crippen LogP contribution in [0.15, 0.2) is 109 Å². The maximum absolute atomic E-state index is 13.1. The van der Waals surface area contributed by atoms with Crippen molar-refractivity contribution < 1.29 is 28.7 Å². The molecule has 2 amide bonds. The van der Waals surface area contributed by atoms with E-state index in [1.807, 2.05) is 95.4 Å². The van der Waals surface area contributed by atoms with Crippen LogP contribution >= 0.6 is 0 Å². The van der Waals surface area contributed by atoms with Gasteiger partial charge in [-0.15, -0.1) is 0 Å². The lowest BCUT2D eigenvalue weighted by Crippen LogP contribution is -2.33. The minimum atomic E-state index is -0.756. The first-order chi connectivity index (χ1) is 24.8. The third-order valence-electron chi connectivity index (χ3n) is 8.47. The molecule has 0 radical (unpaired) electrons. The molecule has 0 fully saturated rings. The van der Waals surface area contributed by atoms with E-state index in [0.29, 0.717) is 38.8 Å². The molecule has 0 bridgehead atoms. The molecule has 52 heavy (non-hydrogen) atoms. The molecular formula is C43H51N3O6.